The largest absolute Gasteiger partial charge is 0.357 e. The number of aliphatic imine (C=N–C) groups is 1. The number of nitrogens with one attached hydrogen (secondary N) is 2. The number of thioether (sulfide) groups is 1. The van der Waals surface area contributed by atoms with E-state index in [1.165, 1.54) is 11.3 Å². The Morgan fingerprint density at radius 2 is 2.17 bits per heavy atom. The first-order chi connectivity index (χ1) is 11.7. The van der Waals surface area contributed by atoms with Gasteiger partial charge < -0.3 is 15.5 Å². The van der Waals surface area contributed by atoms with Crippen LogP contribution in [0.15, 0.2) is 23.3 Å². The van der Waals surface area contributed by atoms with Crippen molar-refractivity contribution in [3.63, 3.8) is 0 Å². The Hall–Kier alpha value is -1.43. The van der Waals surface area contributed by atoms with Gasteiger partial charge in [0.2, 0.25) is 0 Å². The van der Waals surface area contributed by atoms with E-state index >= 15 is 0 Å². The standard InChI is InChI=1S/C18H31N5S/c1-4-19-18(20-10-5-13-24-3)22-16-8-11-23(12-9-16)17-7-6-15(2)14-21-17/h6-7,14,16H,4-5,8-13H2,1-3H3,(H2,19,20,22). The molecule has 1 saturated heterocycles. The maximum absolute atomic E-state index is 4.69. The van der Waals surface area contributed by atoms with Crippen molar-refractivity contribution >= 4 is 23.5 Å². The van der Waals surface area contributed by atoms with Gasteiger partial charge in [-0.25, -0.2) is 4.98 Å². The van der Waals surface area contributed by atoms with Crippen LogP contribution < -0.4 is 15.5 Å². The third-order valence-electron chi connectivity index (χ3n) is 4.18. The topological polar surface area (TPSA) is 52.6 Å². The fraction of sp³-hybridized carbons (Fsp3) is 0.667. The van der Waals surface area contributed by atoms with Crippen LogP contribution >= 0.6 is 11.8 Å². The zero-order chi connectivity index (χ0) is 17.2. The molecule has 0 spiro atoms. The molecule has 2 N–H and O–H groups in total. The molecule has 1 aliphatic heterocycles. The van der Waals surface area contributed by atoms with Crippen LogP contribution in [0.1, 0.15) is 31.7 Å². The normalized spacial score (nSPS) is 16.3. The van der Waals surface area contributed by atoms with Gasteiger partial charge in [-0.3, -0.25) is 4.99 Å². The third-order valence-corrected chi connectivity index (χ3v) is 4.87. The highest BCUT2D eigenvalue weighted by Crippen LogP contribution is 2.18. The Morgan fingerprint density at radius 1 is 1.38 bits per heavy atom. The van der Waals surface area contributed by atoms with Crippen LogP contribution in [0, 0.1) is 6.92 Å². The van der Waals surface area contributed by atoms with E-state index in [-0.39, 0.29) is 0 Å². The predicted octanol–water partition coefficient (Wildman–Crippen LogP) is 2.67. The highest BCUT2D eigenvalue weighted by molar-refractivity contribution is 7.98. The fourth-order valence-electron chi connectivity index (χ4n) is 2.81. The average Bonchev–Trinajstić information content (AvgIpc) is 2.60. The Bertz CT molecular complexity index is 495. The van der Waals surface area contributed by atoms with Crippen LogP contribution in [0.4, 0.5) is 5.82 Å². The van der Waals surface area contributed by atoms with Crippen molar-refractivity contribution in [1.82, 2.24) is 15.6 Å². The zero-order valence-electron chi connectivity index (χ0n) is 15.2. The van der Waals surface area contributed by atoms with Crippen LogP contribution in [0.2, 0.25) is 0 Å². The van der Waals surface area contributed by atoms with Gasteiger partial charge in [0.05, 0.1) is 0 Å². The maximum atomic E-state index is 4.69. The molecule has 1 aliphatic rings. The molecule has 6 heteroatoms. The van der Waals surface area contributed by atoms with Crippen molar-refractivity contribution in [1.29, 1.82) is 0 Å². The third kappa shape index (κ3) is 6.23. The van der Waals surface area contributed by atoms with E-state index in [0.717, 1.165) is 57.2 Å². The number of piperidine rings is 1. The molecule has 2 heterocycles. The number of anilines is 1. The number of rotatable bonds is 7. The first kappa shape index (κ1) is 18.9. The predicted molar refractivity (Wildman–Crippen MR) is 106 cm³/mol. The number of guanidine groups is 1. The minimum absolute atomic E-state index is 0.491. The summed E-state index contributed by atoms with van der Waals surface area (Å²) in [5.74, 6) is 3.23. The van der Waals surface area contributed by atoms with Crippen molar-refractivity contribution in [2.24, 2.45) is 4.99 Å². The number of nitrogens with zero attached hydrogens (tertiary/aromatic N) is 3. The molecule has 0 atom stereocenters. The minimum atomic E-state index is 0.491. The number of aryl methyl sites for hydroxylation is 1. The molecule has 2 rings (SSSR count). The van der Waals surface area contributed by atoms with Gasteiger partial charge in [0.15, 0.2) is 5.96 Å². The Morgan fingerprint density at radius 3 is 2.79 bits per heavy atom. The molecule has 0 radical (unpaired) electrons. The monoisotopic (exact) mass is 349 g/mol. The first-order valence-electron chi connectivity index (χ1n) is 8.94. The summed E-state index contributed by atoms with van der Waals surface area (Å²) in [7, 11) is 0. The second-order valence-electron chi connectivity index (χ2n) is 6.21. The van der Waals surface area contributed by atoms with E-state index in [2.05, 4.69) is 57.7 Å². The molecule has 24 heavy (non-hydrogen) atoms. The molecular weight excluding hydrogens is 318 g/mol. The van der Waals surface area contributed by atoms with E-state index in [9.17, 15) is 0 Å². The van der Waals surface area contributed by atoms with Gasteiger partial charge in [-0.15, -0.1) is 0 Å². The molecule has 134 valence electrons. The van der Waals surface area contributed by atoms with Gasteiger partial charge in [-0.2, -0.15) is 11.8 Å². The molecular formula is C18H31N5S. The van der Waals surface area contributed by atoms with Gasteiger partial charge in [-0.1, -0.05) is 6.07 Å². The Kier molecular flexibility index (Phi) is 8.22. The van der Waals surface area contributed by atoms with Crippen molar-refractivity contribution in [3.05, 3.63) is 23.9 Å². The van der Waals surface area contributed by atoms with Crippen LogP contribution in [0.3, 0.4) is 0 Å². The van der Waals surface area contributed by atoms with Crippen molar-refractivity contribution < 1.29 is 0 Å². The van der Waals surface area contributed by atoms with E-state index < -0.39 is 0 Å². The Balaban J connectivity index is 1.80. The summed E-state index contributed by atoms with van der Waals surface area (Å²) in [4.78, 5) is 11.6. The van der Waals surface area contributed by atoms with E-state index in [1.54, 1.807) is 0 Å². The lowest BCUT2D eigenvalue weighted by Crippen LogP contribution is -2.49. The summed E-state index contributed by atoms with van der Waals surface area (Å²) in [5.41, 5.74) is 1.21. The first-order valence-corrected chi connectivity index (χ1v) is 10.3. The average molecular weight is 350 g/mol. The molecule has 1 aromatic heterocycles. The molecule has 0 bridgehead atoms. The lowest BCUT2D eigenvalue weighted by Gasteiger charge is -2.33. The Labute approximate surface area is 150 Å². The van der Waals surface area contributed by atoms with Gasteiger partial charge in [0.1, 0.15) is 5.82 Å². The minimum Gasteiger partial charge on any atom is -0.357 e. The van der Waals surface area contributed by atoms with Crippen LogP contribution in [-0.2, 0) is 0 Å². The highest BCUT2D eigenvalue weighted by atomic mass is 32.2. The summed E-state index contributed by atoms with van der Waals surface area (Å²) in [5, 5.41) is 6.96. The van der Waals surface area contributed by atoms with Crippen LogP contribution in [0.5, 0.6) is 0 Å². The smallest absolute Gasteiger partial charge is 0.191 e. The van der Waals surface area contributed by atoms with Gasteiger partial charge in [0.25, 0.3) is 0 Å². The van der Waals surface area contributed by atoms with E-state index in [4.69, 9.17) is 0 Å². The maximum Gasteiger partial charge on any atom is 0.191 e. The van der Waals surface area contributed by atoms with E-state index in [1.807, 2.05) is 18.0 Å². The van der Waals surface area contributed by atoms with Gasteiger partial charge in [-0.05, 0) is 56.7 Å². The summed E-state index contributed by atoms with van der Waals surface area (Å²) >= 11 is 1.88. The second-order valence-corrected chi connectivity index (χ2v) is 7.19. The number of hydrogen-bond donors (Lipinski definition) is 2. The van der Waals surface area contributed by atoms with Gasteiger partial charge in [0, 0.05) is 38.4 Å². The van der Waals surface area contributed by atoms with E-state index in [0.29, 0.717) is 6.04 Å². The molecule has 1 aromatic rings. The van der Waals surface area contributed by atoms with Crippen molar-refractivity contribution in [2.75, 3.05) is 43.1 Å². The molecule has 5 nitrogen and oxygen atoms in total. The summed E-state index contributed by atoms with van der Waals surface area (Å²) in [6.07, 6.45) is 7.46. The molecule has 1 fully saturated rings. The second kappa shape index (κ2) is 10.4. The molecule has 0 aromatic carbocycles. The molecule has 0 saturated carbocycles. The molecule has 0 aliphatic carbocycles. The lowest BCUT2D eigenvalue weighted by atomic mass is 10.1. The summed E-state index contributed by atoms with van der Waals surface area (Å²) in [6.45, 7) is 8.07. The number of hydrogen-bond acceptors (Lipinski definition) is 4. The molecule has 0 unspecified atom stereocenters. The SMILES string of the molecule is CCNC(=NCCCSC)NC1CCN(c2ccc(C)cn2)CC1. The number of pyridine rings is 1. The zero-order valence-corrected chi connectivity index (χ0v) is 16.0. The van der Waals surface area contributed by atoms with Crippen LogP contribution in [-0.4, -0.2) is 55.2 Å². The van der Waals surface area contributed by atoms with Gasteiger partial charge >= 0.3 is 0 Å². The lowest BCUT2D eigenvalue weighted by molar-refractivity contribution is 0.459. The highest BCUT2D eigenvalue weighted by Gasteiger charge is 2.20. The quantitative estimate of drug-likeness (QED) is 0.450. The number of aromatic nitrogens is 1. The molecule has 0 amide bonds. The summed E-state index contributed by atoms with van der Waals surface area (Å²) < 4.78 is 0. The van der Waals surface area contributed by atoms with Crippen molar-refractivity contribution in [3.8, 4) is 0 Å². The van der Waals surface area contributed by atoms with Crippen molar-refractivity contribution in [2.45, 2.75) is 39.2 Å². The van der Waals surface area contributed by atoms with Crippen LogP contribution in [0.25, 0.3) is 0 Å². The fourth-order valence-corrected chi connectivity index (χ4v) is 3.23. The summed E-state index contributed by atoms with van der Waals surface area (Å²) in [6, 6.07) is 4.75.